The first-order valence-electron chi connectivity index (χ1n) is 7.10. The van der Waals surface area contributed by atoms with Crippen LogP contribution in [0.3, 0.4) is 0 Å². The summed E-state index contributed by atoms with van der Waals surface area (Å²) in [6.07, 6.45) is 2.11. The highest BCUT2D eigenvalue weighted by molar-refractivity contribution is 5.86. The van der Waals surface area contributed by atoms with Gasteiger partial charge in [0.2, 0.25) is 5.91 Å². The lowest BCUT2D eigenvalue weighted by Gasteiger charge is -2.29. The Kier molecular flexibility index (Phi) is 5.16. The fourth-order valence-corrected chi connectivity index (χ4v) is 2.42. The van der Waals surface area contributed by atoms with E-state index in [0.717, 1.165) is 18.4 Å². The number of nitrogen functional groups attached to an aromatic ring is 1. The molecule has 0 saturated carbocycles. The van der Waals surface area contributed by atoms with E-state index in [1.165, 1.54) is 4.90 Å². The summed E-state index contributed by atoms with van der Waals surface area (Å²) in [7, 11) is 0. The molecule has 6 heteroatoms. The molecule has 1 unspecified atom stereocenters. The topological polar surface area (TPSA) is 98.7 Å². The molecule has 1 aromatic rings. The Morgan fingerprint density at radius 1 is 1.29 bits per heavy atom. The van der Waals surface area contributed by atoms with Crippen molar-refractivity contribution in [2.45, 2.75) is 31.9 Å². The highest BCUT2D eigenvalue weighted by Gasteiger charge is 2.28. The summed E-state index contributed by atoms with van der Waals surface area (Å²) in [6, 6.07) is 7.26. The SMILES string of the molecule is NC(=O)CN(Cc1ccccc1N)C(=O)C1CCCCO1. The van der Waals surface area contributed by atoms with Crippen LogP contribution in [-0.4, -0.2) is 36.0 Å². The van der Waals surface area contributed by atoms with Gasteiger partial charge in [0.1, 0.15) is 6.10 Å². The summed E-state index contributed by atoms with van der Waals surface area (Å²) in [6.45, 7) is 0.704. The van der Waals surface area contributed by atoms with Gasteiger partial charge in [-0.15, -0.1) is 0 Å². The lowest BCUT2D eigenvalue weighted by molar-refractivity contribution is -0.149. The van der Waals surface area contributed by atoms with Crippen LogP contribution in [0, 0.1) is 0 Å². The minimum Gasteiger partial charge on any atom is -0.398 e. The number of benzene rings is 1. The summed E-state index contributed by atoms with van der Waals surface area (Å²) < 4.78 is 5.50. The maximum Gasteiger partial charge on any atom is 0.252 e. The molecule has 2 amide bonds. The van der Waals surface area contributed by atoms with Gasteiger partial charge in [-0.3, -0.25) is 9.59 Å². The monoisotopic (exact) mass is 291 g/mol. The van der Waals surface area contributed by atoms with Crippen LogP contribution in [-0.2, 0) is 20.9 Å². The Balaban J connectivity index is 2.11. The van der Waals surface area contributed by atoms with Crippen LogP contribution < -0.4 is 11.5 Å². The molecule has 1 aliphatic heterocycles. The van der Waals surface area contributed by atoms with Crippen molar-refractivity contribution in [2.75, 3.05) is 18.9 Å². The smallest absolute Gasteiger partial charge is 0.252 e. The van der Waals surface area contributed by atoms with E-state index in [4.69, 9.17) is 16.2 Å². The van der Waals surface area contributed by atoms with Crippen LogP contribution in [0.1, 0.15) is 24.8 Å². The molecule has 4 N–H and O–H groups in total. The average molecular weight is 291 g/mol. The van der Waals surface area contributed by atoms with Crippen LogP contribution in [0.5, 0.6) is 0 Å². The van der Waals surface area contributed by atoms with Crippen LogP contribution in [0.25, 0.3) is 0 Å². The first-order chi connectivity index (χ1) is 10.1. The molecule has 0 spiro atoms. The van der Waals surface area contributed by atoms with Gasteiger partial charge in [0, 0.05) is 18.8 Å². The zero-order chi connectivity index (χ0) is 15.2. The molecule has 1 atom stereocenters. The molecule has 6 nitrogen and oxygen atoms in total. The Bertz CT molecular complexity index is 513. The minimum absolute atomic E-state index is 0.132. The van der Waals surface area contributed by atoms with E-state index in [9.17, 15) is 9.59 Å². The van der Waals surface area contributed by atoms with E-state index in [0.29, 0.717) is 18.7 Å². The van der Waals surface area contributed by atoms with Gasteiger partial charge in [-0.2, -0.15) is 0 Å². The second kappa shape index (κ2) is 7.08. The molecule has 0 bridgehead atoms. The fourth-order valence-electron chi connectivity index (χ4n) is 2.42. The summed E-state index contributed by atoms with van der Waals surface area (Å²) in [5.41, 5.74) is 12.5. The number of primary amides is 1. The van der Waals surface area contributed by atoms with Crippen LogP contribution in [0.15, 0.2) is 24.3 Å². The summed E-state index contributed by atoms with van der Waals surface area (Å²) in [5.74, 6) is -0.745. The zero-order valence-electron chi connectivity index (χ0n) is 12.0. The number of rotatable bonds is 5. The normalized spacial score (nSPS) is 18.2. The van der Waals surface area contributed by atoms with Gasteiger partial charge in [0.15, 0.2) is 0 Å². The third-order valence-corrected chi connectivity index (χ3v) is 3.53. The highest BCUT2D eigenvalue weighted by Crippen LogP contribution is 2.18. The van der Waals surface area contributed by atoms with Crippen LogP contribution in [0.4, 0.5) is 5.69 Å². The molecule has 0 radical (unpaired) electrons. The van der Waals surface area contributed by atoms with Crippen LogP contribution in [0.2, 0.25) is 0 Å². The van der Waals surface area contributed by atoms with Gasteiger partial charge in [-0.25, -0.2) is 0 Å². The summed E-state index contributed by atoms with van der Waals surface area (Å²) in [4.78, 5) is 25.2. The van der Waals surface area contributed by atoms with Crippen molar-refractivity contribution in [3.8, 4) is 0 Å². The number of anilines is 1. The number of amides is 2. The number of carbonyl (C=O) groups is 2. The van der Waals surface area contributed by atoms with E-state index in [1.54, 1.807) is 6.07 Å². The molecule has 1 heterocycles. The van der Waals surface area contributed by atoms with Crippen LogP contribution >= 0.6 is 0 Å². The number of nitrogens with zero attached hydrogens (tertiary/aromatic N) is 1. The molecule has 1 fully saturated rings. The maximum absolute atomic E-state index is 12.5. The number of hydrogen-bond acceptors (Lipinski definition) is 4. The molecular weight excluding hydrogens is 270 g/mol. The number of ether oxygens (including phenoxy) is 1. The lowest BCUT2D eigenvalue weighted by Crippen LogP contribution is -2.45. The molecule has 1 aromatic carbocycles. The van der Waals surface area contributed by atoms with E-state index in [2.05, 4.69) is 0 Å². The van der Waals surface area contributed by atoms with E-state index in [1.807, 2.05) is 18.2 Å². The summed E-state index contributed by atoms with van der Waals surface area (Å²) >= 11 is 0. The Morgan fingerprint density at radius 2 is 2.05 bits per heavy atom. The predicted octanol–water partition coefficient (Wildman–Crippen LogP) is 0.652. The second-order valence-electron chi connectivity index (χ2n) is 5.21. The molecule has 2 rings (SSSR count). The van der Waals surface area contributed by atoms with Gasteiger partial charge in [0.05, 0.1) is 6.54 Å². The van der Waals surface area contributed by atoms with Crippen molar-refractivity contribution in [3.63, 3.8) is 0 Å². The molecule has 114 valence electrons. The van der Waals surface area contributed by atoms with Crippen molar-refractivity contribution < 1.29 is 14.3 Å². The van der Waals surface area contributed by atoms with Crippen molar-refractivity contribution >= 4 is 17.5 Å². The Hall–Kier alpha value is -2.08. The van der Waals surface area contributed by atoms with E-state index < -0.39 is 12.0 Å². The maximum atomic E-state index is 12.5. The molecule has 21 heavy (non-hydrogen) atoms. The Morgan fingerprint density at radius 3 is 2.67 bits per heavy atom. The van der Waals surface area contributed by atoms with E-state index >= 15 is 0 Å². The first-order valence-corrected chi connectivity index (χ1v) is 7.10. The molecule has 1 saturated heterocycles. The van der Waals surface area contributed by atoms with Gasteiger partial charge >= 0.3 is 0 Å². The number of carbonyl (C=O) groups excluding carboxylic acids is 2. The minimum atomic E-state index is -0.548. The fraction of sp³-hybridized carbons (Fsp3) is 0.467. The third-order valence-electron chi connectivity index (χ3n) is 3.53. The van der Waals surface area contributed by atoms with Crippen molar-refractivity contribution in [3.05, 3.63) is 29.8 Å². The van der Waals surface area contributed by atoms with Gasteiger partial charge in [0.25, 0.3) is 5.91 Å². The van der Waals surface area contributed by atoms with Crippen molar-refractivity contribution in [1.29, 1.82) is 0 Å². The van der Waals surface area contributed by atoms with Gasteiger partial charge in [-0.05, 0) is 30.9 Å². The molecule has 1 aliphatic rings. The number of nitrogens with two attached hydrogens (primary N) is 2. The van der Waals surface area contributed by atoms with Gasteiger partial charge in [-0.1, -0.05) is 18.2 Å². The van der Waals surface area contributed by atoms with Crippen molar-refractivity contribution in [2.24, 2.45) is 5.73 Å². The number of hydrogen-bond donors (Lipinski definition) is 2. The third kappa shape index (κ3) is 4.19. The quantitative estimate of drug-likeness (QED) is 0.778. The second-order valence-corrected chi connectivity index (χ2v) is 5.21. The largest absolute Gasteiger partial charge is 0.398 e. The summed E-state index contributed by atoms with van der Waals surface area (Å²) in [5, 5.41) is 0. The lowest BCUT2D eigenvalue weighted by atomic mass is 10.1. The molecular formula is C15H21N3O3. The molecule has 0 aliphatic carbocycles. The first kappa shape index (κ1) is 15.3. The highest BCUT2D eigenvalue weighted by atomic mass is 16.5. The predicted molar refractivity (Wildman–Crippen MR) is 79.1 cm³/mol. The number of para-hydroxylation sites is 1. The Labute approximate surface area is 124 Å². The average Bonchev–Trinajstić information content (AvgIpc) is 2.48. The standard InChI is InChI=1S/C15H21N3O3/c16-12-6-2-1-5-11(12)9-18(10-14(17)19)15(20)13-7-3-4-8-21-13/h1-2,5-6,13H,3-4,7-10,16H2,(H2,17,19). The van der Waals surface area contributed by atoms with Crippen molar-refractivity contribution in [1.82, 2.24) is 4.90 Å². The zero-order valence-corrected chi connectivity index (χ0v) is 12.0. The van der Waals surface area contributed by atoms with Gasteiger partial charge < -0.3 is 21.1 Å². The van der Waals surface area contributed by atoms with E-state index in [-0.39, 0.29) is 19.0 Å². The molecule has 0 aromatic heterocycles.